The third-order valence-corrected chi connectivity index (χ3v) is 4.19. The average molecular weight is 315 g/mol. The number of benzene rings is 1. The molecule has 3 nitrogen and oxygen atoms in total. The van der Waals surface area contributed by atoms with Gasteiger partial charge in [-0.1, -0.05) is 39.0 Å². The van der Waals surface area contributed by atoms with E-state index in [9.17, 15) is 4.79 Å². The van der Waals surface area contributed by atoms with Gasteiger partial charge in [0.25, 0.3) is 0 Å². The number of ketones is 1. The Balaban J connectivity index is 2.38. The Morgan fingerprint density at radius 1 is 1.50 bits per heavy atom. The summed E-state index contributed by atoms with van der Waals surface area (Å²) in [7, 11) is 0. The number of carbonyl (C=O) groups is 1. The van der Waals surface area contributed by atoms with E-state index in [2.05, 4.69) is 26.1 Å². The third-order valence-electron chi connectivity index (χ3n) is 1.86. The van der Waals surface area contributed by atoms with E-state index in [1.54, 1.807) is 12.4 Å². The van der Waals surface area contributed by atoms with Crippen molar-refractivity contribution >= 4 is 44.8 Å². The molecule has 0 bridgehead atoms. The van der Waals surface area contributed by atoms with Crippen LogP contribution in [0.15, 0.2) is 37.4 Å². The highest BCUT2D eigenvalue weighted by Crippen LogP contribution is 2.33. The Morgan fingerprint density at radius 3 is 2.94 bits per heavy atom. The summed E-state index contributed by atoms with van der Waals surface area (Å²) in [4.78, 5) is 12.3. The molecule has 0 radical (unpaired) electrons. The van der Waals surface area contributed by atoms with Crippen molar-refractivity contribution in [2.45, 2.75) is 16.2 Å². The maximum absolute atomic E-state index is 11.4. The number of carbonyl (C=O) groups excluding carboxylic acids is 1. The van der Waals surface area contributed by atoms with E-state index in [4.69, 9.17) is 0 Å². The molecule has 0 atom stereocenters. The fourth-order valence-electron chi connectivity index (χ4n) is 1.17. The number of Topliss-reactive ketones (excluding diaryl/α,β-unsaturated/α-hetero) is 1. The normalized spacial score (nSPS) is 10.4. The largest absolute Gasteiger partial charge is 0.294 e. The number of halogens is 1. The molecule has 2 rings (SSSR count). The van der Waals surface area contributed by atoms with Crippen LogP contribution in [-0.4, -0.2) is 16.0 Å². The number of hydrogen-bond acceptors (Lipinski definition) is 5. The van der Waals surface area contributed by atoms with Crippen LogP contribution >= 0.6 is 39.0 Å². The minimum absolute atomic E-state index is 0.0551. The van der Waals surface area contributed by atoms with Crippen molar-refractivity contribution in [2.75, 3.05) is 0 Å². The second kappa shape index (κ2) is 5.07. The van der Waals surface area contributed by atoms with Gasteiger partial charge in [-0.25, -0.2) is 0 Å². The van der Waals surface area contributed by atoms with Gasteiger partial charge in [0.1, 0.15) is 5.51 Å². The standard InChI is InChI=1S/C10H7BrN2OS2/c1-6(14)8-3-2-7(11)4-9(8)16-10-13-12-5-15-10/h2-5H,1H3. The van der Waals surface area contributed by atoms with Crippen LogP contribution in [0.5, 0.6) is 0 Å². The van der Waals surface area contributed by atoms with Crippen molar-refractivity contribution in [3.05, 3.63) is 33.7 Å². The smallest absolute Gasteiger partial charge is 0.178 e. The molecule has 0 saturated carbocycles. The average Bonchev–Trinajstić information content (AvgIpc) is 2.70. The van der Waals surface area contributed by atoms with Crippen molar-refractivity contribution < 1.29 is 4.79 Å². The Labute approximate surface area is 109 Å². The topological polar surface area (TPSA) is 42.9 Å². The molecule has 2 aromatic rings. The van der Waals surface area contributed by atoms with E-state index in [0.717, 1.165) is 13.7 Å². The van der Waals surface area contributed by atoms with Crippen LogP contribution in [-0.2, 0) is 0 Å². The highest BCUT2D eigenvalue weighted by molar-refractivity contribution is 9.10. The maximum Gasteiger partial charge on any atom is 0.178 e. The predicted octanol–water partition coefficient (Wildman–Crippen LogP) is 3.65. The van der Waals surface area contributed by atoms with Gasteiger partial charge in [-0.3, -0.25) is 4.79 Å². The first-order valence-corrected chi connectivity index (χ1v) is 6.90. The molecule has 0 amide bonds. The van der Waals surface area contributed by atoms with Crippen LogP contribution in [0.25, 0.3) is 0 Å². The molecule has 0 aliphatic carbocycles. The van der Waals surface area contributed by atoms with E-state index in [-0.39, 0.29) is 5.78 Å². The Hall–Kier alpha value is -0.720. The third kappa shape index (κ3) is 2.69. The zero-order chi connectivity index (χ0) is 11.5. The first-order valence-electron chi connectivity index (χ1n) is 4.41. The fourth-order valence-corrected chi connectivity index (χ4v) is 3.34. The zero-order valence-electron chi connectivity index (χ0n) is 8.31. The summed E-state index contributed by atoms with van der Waals surface area (Å²) < 4.78 is 1.78. The number of rotatable bonds is 3. The second-order valence-electron chi connectivity index (χ2n) is 3.00. The number of aromatic nitrogens is 2. The summed E-state index contributed by atoms with van der Waals surface area (Å²) in [6, 6.07) is 5.60. The van der Waals surface area contributed by atoms with Crippen molar-refractivity contribution in [3.63, 3.8) is 0 Å². The summed E-state index contributed by atoms with van der Waals surface area (Å²) in [5.74, 6) is 0.0551. The second-order valence-corrected chi connectivity index (χ2v) is 6.04. The van der Waals surface area contributed by atoms with Crippen LogP contribution in [0.2, 0.25) is 0 Å². The molecule has 16 heavy (non-hydrogen) atoms. The molecule has 0 spiro atoms. The van der Waals surface area contributed by atoms with Gasteiger partial charge < -0.3 is 0 Å². The molecule has 0 N–H and O–H groups in total. The predicted molar refractivity (Wildman–Crippen MR) is 68.2 cm³/mol. The minimum atomic E-state index is 0.0551. The highest BCUT2D eigenvalue weighted by atomic mass is 79.9. The van der Waals surface area contributed by atoms with Crippen LogP contribution in [0.3, 0.4) is 0 Å². The van der Waals surface area contributed by atoms with Crippen LogP contribution in [0.1, 0.15) is 17.3 Å². The molecule has 0 fully saturated rings. The molecule has 0 aliphatic rings. The maximum atomic E-state index is 11.4. The number of nitrogens with zero attached hydrogens (tertiary/aromatic N) is 2. The zero-order valence-corrected chi connectivity index (χ0v) is 11.5. The van der Waals surface area contributed by atoms with Gasteiger partial charge in [0.15, 0.2) is 10.1 Å². The van der Waals surface area contributed by atoms with Gasteiger partial charge in [0.05, 0.1) is 0 Å². The van der Waals surface area contributed by atoms with Gasteiger partial charge in [-0.05, 0) is 25.1 Å². The number of hydrogen-bond donors (Lipinski definition) is 0. The molecular weight excluding hydrogens is 308 g/mol. The molecule has 1 heterocycles. The lowest BCUT2D eigenvalue weighted by atomic mass is 10.1. The first-order chi connectivity index (χ1) is 7.66. The van der Waals surface area contributed by atoms with Gasteiger partial charge >= 0.3 is 0 Å². The van der Waals surface area contributed by atoms with Gasteiger partial charge in [-0.15, -0.1) is 10.2 Å². The van der Waals surface area contributed by atoms with Gasteiger partial charge in [0.2, 0.25) is 0 Å². The van der Waals surface area contributed by atoms with Gasteiger partial charge in [-0.2, -0.15) is 0 Å². The van der Waals surface area contributed by atoms with E-state index in [0.29, 0.717) is 5.56 Å². The molecular formula is C10H7BrN2OS2. The van der Waals surface area contributed by atoms with Crippen LogP contribution in [0.4, 0.5) is 0 Å². The summed E-state index contributed by atoms with van der Waals surface area (Å²) >= 11 is 6.31. The minimum Gasteiger partial charge on any atom is -0.294 e. The molecule has 1 aromatic carbocycles. The quantitative estimate of drug-likeness (QED) is 0.811. The van der Waals surface area contributed by atoms with E-state index >= 15 is 0 Å². The fraction of sp³-hybridized carbons (Fsp3) is 0.100. The summed E-state index contributed by atoms with van der Waals surface area (Å²) in [6.07, 6.45) is 0. The SMILES string of the molecule is CC(=O)c1ccc(Br)cc1Sc1nncs1. The molecule has 0 unspecified atom stereocenters. The van der Waals surface area contributed by atoms with E-state index < -0.39 is 0 Å². The van der Waals surface area contributed by atoms with E-state index in [1.807, 2.05) is 18.2 Å². The molecule has 0 saturated heterocycles. The first kappa shape index (κ1) is 11.8. The highest BCUT2D eigenvalue weighted by Gasteiger charge is 2.10. The van der Waals surface area contributed by atoms with Crippen LogP contribution in [0, 0.1) is 0 Å². The molecule has 82 valence electrons. The Morgan fingerprint density at radius 2 is 2.31 bits per heavy atom. The Bertz CT molecular complexity index is 514. The summed E-state index contributed by atoms with van der Waals surface area (Å²) in [6.45, 7) is 1.56. The van der Waals surface area contributed by atoms with E-state index in [1.165, 1.54) is 23.1 Å². The van der Waals surface area contributed by atoms with Crippen molar-refractivity contribution in [1.29, 1.82) is 0 Å². The lowest BCUT2D eigenvalue weighted by Gasteiger charge is -2.04. The van der Waals surface area contributed by atoms with Crippen molar-refractivity contribution in [1.82, 2.24) is 10.2 Å². The van der Waals surface area contributed by atoms with Crippen molar-refractivity contribution in [3.8, 4) is 0 Å². The summed E-state index contributed by atoms with van der Waals surface area (Å²) in [5.41, 5.74) is 2.39. The van der Waals surface area contributed by atoms with Crippen molar-refractivity contribution in [2.24, 2.45) is 0 Å². The molecule has 1 aromatic heterocycles. The van der Waals surface area contributed by atoms with Gasteiger partial charge in [0, 0.05) is 14.9 Å². The molecule has 0 aliphatic heterocycles. The Kier molecular flexibility index (Phi) is 3.73. The lowest BCUT2D eigenvalue weighted by molar-refractivity contribution is 0.101. The lowest BCUT2D eigenvalue weighted by Crippen LogP contribution is -1.94. The summed E-state index contributed by atoms with van der Waals surface area (Å²) in [5, 5.41) is 7.71. The van der Waals surface area contributed by atoms with Crippen LogP contribution < -0.4 is 0 Å². The monoisotopic (exact) mass is 314 g/mol. The molecule has 6 heteroatoms.